The average Bonchev–Trinajstić information content (AvgIpc) is 3.05. The molecule has 0 saturated carbocycles. The lowest BCUT2D eigenvalue weighted by Crippen LogP contribution is -2.82. The second-order valence-electron chi connectivity index (χ2n) is 11.5. The van der Waals surface area contributed by atoms with E-state index in [1.54, 1.807) is 12.1 Å². The zero-order valence-corrected chi connectivity index (χ0v) is 27.7. The van der Waals surface area contributed by atoms with E-state index in [1.807, 2.05) is 109 Å². The van der Waals surface area contributed by atoms with Crippen LogP contribution in [0.1, 0.15) is 22.3 Å². The molecule has 5 rings (SSSR count). The number of hydrogen-bond donors (Lipinski definition) is 5. The lowest BCUT2D eigenvalue weighted by molar-refractivity contribution is -0.396. The molecular weight excluding hydrogens is 665 g/mol. The average molecular weight is 703 g/mol. The molecule has 1 fully saturated rings. The van der Waals surface area contributed by atoms with Crippen molar-refractivity contribution in [3.05, 3.63) is 144 Å². The van der Waals surface area contributed by atoms with Gasteiger partial charge in [0.05, 0.1) is 13.2 Å². The third kappa shape index (κ3) is 8.91. The van der Waals surface area contributed by atoms with E-state index in [9.17, 15) is 25.2 Å². The van der Waals surface area contributed by atoms with Gasteiger partial charge in [-0.25, -0.2) is 0 Å². The van der Waals surface area contributed by atoms with Crippen LogP contribution in [0.15, 0.2) is 121 Å². The van der Waals surface area contributed by atoms with Crippen LogP contribution in [0.25, 0.3) is 0 Å². The first-order valence-electron chi connectivity index (χ1n) is 14.9. The molecule has 0 bridgehead atoms. The van der Waals surface area contributed by atoms with Crippen LogP contribution < -0.4 is 5.73 Å². The Bertz CT molecular complexity index is 1550. The van der Waals surface area contributed by atoms with Crippen LogP contribution >= 0.6 is 34.8 Å². The Morgan fingerprint density at radius 2 is 1.04 bits per heavy atom. The normalized spacial score (nSPS) is 25.8. The molecule has 4 aromatic rings. The maximum atomic E-state index is 12.7. The first-order chi connectivity index (χ1) is 22.3. The molecule has 4 aromatic carbocycles. The fraction of sp³-hybridized carbons (Fsp3) is 0.306. The largest absolute Gasteiger partial charge is 0.384 e. The van der Waals surface area contributed by atoms with Crippen molar-refractivity contribution in [1.82, 2.24) is 0 Å². The smallest absolute Gasteiger partial charge is 0.269 e. The maximum absolute atomic E-state index is 12.7. The van der Waals surface area contributed by atoms with Crippen LogP contribution in [0, 0.1) is 0 Å². The molecule has 0 radical (unpaired) electrons. The third-order valence-corrected chi connectivity index (χ3v) is 8.82. The van der Waals surface area contributed by atoms with E-state index in [0.29, 0.717) is 11.1 Å². The molecule has 47 heavy (non-hydrogen) atoms. The summed E-state index contributed by atoms with van der Waals surface area (Å²) >= 11 is 14.8. The summed E-state index contributed by atoms with van der Waals surface area (Å²) in [5.74, 6) is -0.961. The first kappa shape index (κ1) is 36.8. The van der Waals surface area contributed by atoms with E-state index in [0.717, 1.165) is 11.1 Å². The zero-order valence-electron chi connectivity index (χ0n) is 25.5. The number of amides is 1. The summed E-state index contributed by atoms with van der Waals surface area (Å²) in [6.45, 7) is 0.136. The van der Waals surface area contributed by atoms with E-state index >= 15 is 0 Å². The number of aliphatic hydroxyl groups excluding tert-OH is 1. The van der Waals surface area contributed by atoms with Gasteiger partial charge in [-0.05, 0) is 22.3 Å². The molecule has 5 atom stereocenters. The minimum atomic E-state index is -2.26. The predicted molar refractivity (Wildman–Crippen MR) is 182 cm³/mol. The Morgan fingerprint density at radius 3 is 1.45 bits per heavy atom. The van der Waals surface area contributed by atoms with Gasteiger partial charge in [-0.2, -0.15) is 0 Å². The van der Waals surface area contributed by atoms with E-state index in [1.165, 1.54) is 0 Å². The van der Waals surface area contributed by atoms with Crippen LogP contribution in [0.3, 0.4) is 0 Å². The highest BCUT2D eigenvalue weighted by molar-refractivity contribution is 6.76. The van der Waals surface area contributed by atoms with Gasteiger partial charge in [0.2, 0.25) is 0 Å². The molecule has 0 aliphatic carbocycles. The minimum absolute atomic E-state index is 0.0413. The molecule has 8 nitrogen and oxygen atoms in total. The molecule has 1 heterocycles. The number of hydrogen-bond acceptors (Lipinski definition) is 7. The number of nitrogens with two attached hydrogens (primary N) is 1. The van der Waals surface area contributed by atoms with Gasteiger partial charge >= 0.3 is 0 Å². The Morgan fingerprint density at radius 1 is 0.681 bits per heavy atom. The van der Waals surface area contributed by atoms with Crippen LogP contribution in [0.4, 0.5) is 0 Å². The highest BCUT2D eigenvalue weighted by Gasteiger charge is 2.71. The van der Waals surface area contributed by atoms with Gasteiger partial charge < -0.3 is 35.6 Å². The lowest BCUT2D eigenvalue weighted by Gasteiger charge is -2.60. The number of halogens is 3. The summed E-state index contributed by atoms with van der Waals surface area (Å²) in [7, 11) is 0. The molecule has 11 heteroatoms. The zero-order chi connectivity index (χ0) is 34.1. The first-order valence-corrected chi connectivity index (χ1v) is 16.0. The minimum Gasteiger partial charge on any atom is -0.384 e. The van der Waals surface area contributed by atoms with Crippen molar-refractivity contribution in [2.75, 3.05) is 6.61 Å². The molecule has 0 aromatic heterocycles. The number of aliphatic hydroxyl groups is 4. The van der Waals surface area contributed by atoms with E-state index in [2.05, 4.69) is 5.73 Å². The number of carbonyl (C=O) groups excluding carboxylic acids is 1. The van der Waals surface area contributed by atoms with Gasteiger partial charge in [-0.1, -0.05) is 156 Å². The van der Waals surface area contributed by atoms with Gasteiger partial charge in [0, 0.05) is 19.3 Å². The van der Waals surface area contributed by atoms with Crippen LogP contribution in [-0.2, 0) is 40.1 Å². The summed E-state index contributed by atoms with van der Waals surface area (Å²) < 4.78 is 10.0. The highest BCUT2D eigenvalue weighted by atomic mass is 35.6. The topological polar surface area (TPSA) is 142 Å². The quantitative estimate of drug-likeness (QED) is 0.151. The van der Waals surface area contributed by atoms with Gasteiger partial charge in [0.1, 0.15) is 17.3 Å². The predicted octanol–water partition coefficient (Wildman–Crippen LogP) is 4.68. The van der Waals surface area contributed by atoms with E-state index in [-0.39, 0.29) is 32.5 Å². The molecule has 1 aliphatic rings. The summed E-state index contributed by atoms with van der Waals surface area (Å²) in [6.07, 6.45) is -3.28. The van der Waals surface area contributed by atoms with Crippen molar-refractivity contribution in [2.45, 2.75) is 58.9 Å². The molecule has 0 unspecified atom stereocenters. The Labute approximate surface area is 289 Å². The number of carbonyl (C=O) groups is 1. The third-order valence-electron chi connectivity index (χ3n) is 8.26. The molecular formula is C36H38Cl3NO7. The number of primary amides is 1. The van der Waals surface area contributed by atoms with Crippen molar-refractivity contribution in [1.29, 1.82) is 0 Å². The van der Waals surface area contributed by atoms with Gasteiger partial charge in [0.25, 0.3) is 9.70 Å². The SMILES string of the molecule is NC(=O)C(Cl)(Cl)Cl.O[C@H]1O[C@H](COCc2ccccc2)[C@](O)(Cc2ccccc2)[C@@](O)(Cc2ccccc2)[C@]1(O)Cc1ccccc1. The Kier molecular flexibility index (Phi) is 12.5. The van der Waals surface area contributed by atoms with Crippen molar-refractivity contribution < 1.29 is 34.7 Å². The number of alkyl halides is 3. The van der Waals surface area contributed by atoms with Gasteiger partial charge in [-0.15, -0.1) is 0 Å². The van der Waals surface area contributed by atoms with E-state index < -0.39 is 38.9 Å². The lowest BCUT2D eigenvalue weighted by atomic mass is 9.60. The molecule has 1 aliphatic heterocycles. The molecule has 1 saturated heterocycles. The second-order valence-corrected chi connectivity index (χ2v) is 13.8. The monoisotopic (exact) mass is 701 g/mol. The second kappa shape index (κ2) is 15.9. The fourth-order valence-electron chi connectivity index (χ4n) is 5.77. The van der Waals surface area contributed by atoms with E-state index in [4.69, 9.17) is 44.3 Å². The fourth-order valence-corrected chi connectivity index (χ4v) is 5.77. The van der Waals surface area contributed by atoms with Crippen molar-refractivity contribution in [3.63, 3.8) is 0 Å². The number of rotatable bonds is 10. The number of ether oxygens (including phenoxy) is 2. The maximum Gasteiger partial charge on any atom is 0.269 e. The summed E-state index contributed by atoms with van der Waals surface area (Å²) in [5.41, 5.74) is 1.03. The van der Waals surface area contributed by atoms with Gasteiger partial charge in [0.15, 0.2) is 11.9 Å². The Hall–Kier alpha value is -3.02. The van der Waals surface area contributed by atoms with Crippen LogP contribution in [0.5, 0.6) is 0 Å². The summed E-state index contributed by atoms with van der Waals surface area (Å²) in [4.78, 5) is 9.85. The number of benzene rings is 4. The highest BCUT2D eigenvalue weighted by Crippen LogP contribution is 2.49. The van der Waals surface area contributed by atoms with Crippen molar-refractivity contribution in [3.8, 4) is 0 Å². The Balaban J connectivity index is 0.000000644. The summed E-state index contributed by atoms with van der Waals surface area (Å²) in [5, 5.41) is 49.1. The molecule has 6 N–H and O–H groups in total. The van der Waals surface area contributed by atoms with Crippen LogP contribution in [-0.4, -0.2) is 65.9 Å². The molecule has 1 amide bonds. The van der Waals surface area contributed by atoms with Crippen molar-refractivity contribution in [2.24, 2.45) is 5.73 Å². The van der Waals surface area contributed by atoms with Crippen molar-refractivity contribution >= 4 is 40.7 Å². The molecule has 250 valence electrons. The summed E-state index contributed by atoms with van der Waals surface area (Å²) in [6, 6.07) is 37.2. The van der Waals surface area contributed by atoms with Gasteiger partial charge in [-0.3, -0.25) is 4.79 Å². The molecule has 0 spiro atoms. The standard InChI is InChI=1S/C34H36O6.C2H2Cl3NO/c35-31-33(37,22-27-15-7-2-8-16-27)34(38,23-28-17-9-3-10-18-28)32(36,21-26-13-5-1-6-14-26)30(40-31)25-39-24-29-19-11-4-12-20-29;3-2(4,5)1(6)7/h1-20,30-31,35-38H,21-25H2;(H2,6,7)/t30-,31+,32-,33+,34+;/m1./s1. The van der Waals surface area contributed by atoms with Crippen LogP contribution in [0.2, 0.25) is 0 Å².